The van der Waals surface area contributed by atoms with Crippen molar-refractivity contribution in [3.05, 3.63) is 29.8 Å². The molecular weight excluding hydrogens is 316 g/mol. The number of methoxy groups -OCH3 is 1. The standard InChI is InChI=1S/C19H30N4O2/c1-4-20-19(21-12-8-14-23-13-7-11-18(23)24)22(2)15-16-9-5-6-10-17(16)25-3/h5-6,9-10H,4,7-8,11-15H2,1-3H3,(H,20,21). The molecule has 1 saturated heterocycles. The summed E-state index contributed by atoms with van der Waals surface area (Å²) in [5.74, 6) is 2.04. The second kappa shape index (κ2) is 9.91. The van der Waals surface area contributed by atoms with Crippen LogP contribution in [0.25, 0.3) is 0 Å². The molecule has 1 aliphatic rings. The van der Waals surface area contributed by atoms with Crippen molar-refractivity contribution in [2.75, 3.05) is 40.3 Å². The van der Waals surface area contributed by atoms with Crippen LogP contribution in [0.2, 0.25) is 0 Å². The number of carbonyl (C=O) groups excluding carboxylic acids is 1. The van der Waals surface area contributed by atoms with E-state index in [0.717, 1.165) is 56.3 Å². The molecule has 0 atom stereocenters. The first kappa shape index (κ1) is 19.1. The Labute approximate surface area is 150 Å². The minimum absolute atomic E-state index is 0.282. The monoisotopic (exact) mass is 346 g/mol. The average Bonchev–Trinajstić information content (AvgIpc) is 3.03. The van der Waals surface area contributed by atoms with Gasteiger partial charge in [0.25, 0.3) is 0 Å². The molecule has 2 rings (SSSR count). The Balaban J connectivity index is 1.90. The molecule has 1 fully saturated rings. The van der Waals surface area contributed by atoms with E-state index in [0.29, 0.717) is 13.0 Å². The Hall–Kier alpha value is -2.24. The maximum atomic E-state index is 11.6. The molecule has 1 amide bonds. The van der Waals surface area contributed by atoms with Gasteiger partial charge in [0.1, 0.15) is 5.75 Å². The number of guanidine groups is 1. The van der Waals surface area contributed by atoms with Crippen molar-refractivity contribution >= 4 is 11.9 Å². The van der Waals surface area contributed by atoms with Crippen molar-refractivity contribution in [3.63, 3.8) is 0 Å². The highest BCUT2D eigenvalue weighted by molar-refractivity contribution is 5.80. The number of aliphatic imine (C=N–C) groups is 1. The van der Waals surface area contributed by atoms with Crippen molar-refractivity contribution in [2.45, 2.75) is 32.7 Å². The Morgan fingerprint density at radius 2 is 2.20 bits per heavy atom. The molecule has 0 unspecified atom stereocenters. The van der Waals surface area contributed by atoms with Crippen LogP contribution in [0.15, 0.2) is 29.3 Å². The lowest BCUT2D eigenvalue weighted by molar-refractivity contribution is -0.127. The van der Waals surface area contributed by atoms with Crippen LogP contribution in [0, 0.1) is 0 Å². The molecule has 1 aliphatic heterocycles. The highest BCUT2D eigenvalue weighted by Gasteiger charge is 2.19. The number of benzene rings is 1. The summed E-state index contributed by atoms with van der Waals surface area (Å²) in [6.07, 6.45) is 2.59. The third-order valence-corrected chi connectivity index (χ3v) is 4.32. The molecule has 1 aromatic carbocycles. The van der Waals surface area contributed by atoms with Crippen LogP contribution < -0.4 is 10.1 Å². The summed E-state index contributed by atoms with van der Waals surface area (Å²) in [5.41, 5.74) is 1.13. The zero-order valence-electron chi connectivity index (χ0n) is 15.6. The Morgan fingerprint density at radius 1 is 1.40 bits per heavy atom. The number of nitrogens with zero attached hydrogens (tertiary/aromatic N) is 3. The van der Waals surface area contributed by atoms with Crippen molar-refractivity contribution in [1.29, 1.82) is 0 Å². The number of carbonyl (C=O) groups is 1. The summed E-state index contributed by atoms with van der Waals surface area (Å²) >= 11 is 0. The first-order valence-corrected chi connectivity index (χ1v) is 9.04. The zero-order chi connectivity index (χ0) is 18.1. The number of hydrogen-bond donors (Lipinski definition) is 1. The van der Waals surface area contributed by atoms with Crippen molar-refractivity contribution in [3.8, 4) is 5.75 Å². The van der Waals surface area contributed by atoms with E-state index in [1.165, 1.54) is 0 Å². The van der Waals surface area contributed by atoms with Gasteiger partial charge in [-0.05, 0) is 25.8 Å². The van der Waals surface area contributed by atoms with E-state index < -0.39 is 0 Å². The van der Waals surface area contributed by atoms with Crippen molar-refractivity contribution in [1.82, 2.24) is 15.1 Å². The van der Waals surface area contributed by atoms with E-state index in [-0.39, 0.29) is 5.91 Å². The Morgan fingerprint density at radius 3 is 2.88 bits per heavy atom. The number of amides is 1. The van der Waals surface area contributed by atoms with Gasteiger partial charge < -0.3 is 19.9 Å². The van der Waals surface area contributed by atoms with E-state index in [1.807, 2.05) is 30.1 Å². The molecule has 0 spiro atoms. The summed E-state index contributed by atoms with van der Waals surface area (Å²) in [4.78, 5) is 20.4. The SMILES string of the molecule is CCNC(=NCCCN1CCCC1=O)N(C)Cc1ccccc1OC. The Bertz CT molecular complexity index is 589. The normalized spacial score (nSPS) is 14.8. The number of hydrogen-bond acceptors (Lipinski definition) is 3. The van der Waals surface area contributed by atoms with Gasteiger partial charge in [-0.25, -0.2) is 0 Å². The number of nitrogens with one attached hydrogen (secondary N) is 1. The summed E-state index contributed by atoms with van der Waals surface area (Å²) < 4.78 is 5.43. The van der Waals surface area contributed by atoms with Crippen LogP contribution in [-0.4, -0.2) is 62.0 Å². The molecule has 1 N–H and O–H groups in total. The van der Waals surface area contributed by atoms with Crippen molar-refractivity contribution in [2.24, 2.45) is 4.99 Å². The van der Waals surface area contributed by atoms with Gasteiger partial charge in [-0.1, -0.05) is 18.2 Å². The highest BCUT2D eigenvalue weighted by Crippen LogP contribution is 2.18. The predicted octanol–water partition coefficient (Wildman–Crippen LogP) is 2.10. The van der Waals surface area contributed by atoms with Gasteiger partial charge in [-0.2, -0.15) is 0 Å². The maximum Gasteiger partial charge on any atom is 0.222 e. The fourth-order valence-electron chi connectivity index (χ4n) is 3.02. The molecule has 0 aliphatic carbocycles. The number of likely N-dealkylation sites (tertiary alicyclic amines) is 1. The van der Waals surface area contributed by atoms with E-state index >= 15 is 0 Å². The molecule has 0 saturated carbocycles. The summed E-state index contributed by atoms with van der Waals surface area (Å²) in [7, 11) is 3.72. The molecule has 0 radical (unpaired) electrons. The molecule has 0 bridgehead atoms. The predicted molar refractivity (Wildman–Crippen MR) is 101 cm³/mol. The third kappa shape index (κ3) is 5.66. The van der Waals surface area contributed by atoms with Crippen LogP contribution in [0.3, 0.4) is 0 Å². The zero-order valence-corrected chi connectivity index (χ0v) is 15.6. The fraction of sp³-hybridized carbons (Fsp3) is 0.579. The molecule has 138 valence electrons. The Kier molecular flexibility index (Phi) is 7.57. The topological polar surface area (TPSA) is 57.2 Å². The first-order valence-electron chi connectivity index (χ1n) is 9.04. The van der Waals surface area contributed by atoms with Gasteiger partial charge in [0.05, 0.1) is 7.11 Å². The molecule has 0 aromatic heterocycles. The lowest BCUT2D eigenvalue weighted by Gasteiger charge is -2.23. The minimum Gasteiger partial charge on any atom is -0.496 e. The van der Waals surface area contributed by atoms with Crippen molar-refractivity contribution < 1.29 is 9.53 Å². The number of ether oxygens (including phenoxy) is 1. The highest BCUT2D eigenvalue weighted by atomic mass is 16.5. The van der Waals surface area contributed by atoms with Gasteiger partial charge in [0, 0.05) is 51.8 Å². The lowest BCUT2D eigenvalue weighted by atomic mass is 10.2. The van der Waals surface area contributed by atoms with Crippen LogP contribution >= 0.6 is 0 Å². The van der Waals surface area contributed by atoms with Gasteiger partial charge in [0.15, 0.2) is 5.96 Å². The quantitative estimate of drug-likeness (QED) is 0.445. The van der Waals surface area contributed by atoms with Gasteiger partial charge >= 0.3 is 0 Å². The first-order chi connectivity index (χ1) is 12.2. The van der Waals surface area contributed by atoms with Crippen LogP contribution in [-0.2, 0) is 11.3 Å². The van der Waals surface area contributed by atoms with Crippen LogP contribution in [0.1, 0.15) is 31.7 Å². The largest absolute Gasteiger partial charge is 0.496 e. The van der Waals surface area contributed by atoms with Gasteiger partial charge in [-0.3, -0.25) is 9.79 Å². The molecule has 25 heavy (non-hydrogen) atoms. The number of para-hydroxylation sites is 1. The molecule has 1 aromatic rings. The van der Waals surface area contributed by atoms with E-state index in [2.05, 4.69) is 23.2 Å². The van der Waals surface area contributed by atoms with Gasteiger partial charge in [-0.15, -0.1) is 0 Å². The van der Waals surface area contributed by atoms with Crippen LogP contribution in [0.4, 0.5) is 0 Å². The number of rotatable bonds is 8. The molecule has 6 heteroatoms. The summed E-state index contributed by atoms with van der Waals surface area (Å²) in [6.45, 7) is 6.02. The molecular formula is C19H30N4O2. The second-order valence-corrected chi connectivity index (χ2v) is 6.24. The third-order valence-electron chi connectivity index (χ3n) is 4.32. The van der Waals surface area contributed by atoms with Crippen LogP contribution in [0.5, 0.6) is 5.75 Å². The molecule has 6 nitrogen and oxygen atoms in total. The second-order valence-electron chi connectivity index (χ2n) is 6.24. The fourth-order valence-corrected chi connectivity index (χ4v) is 3.02. The van der Waals surface area contributed by atoms with E-state index in [4.69, 9.17) is 9.73 Å². The summed E-state index contributed by atoms with van der Waals surface area (Å²) in [5, 5.41) is 3.33. The lowest BCUT2D eigenvalue weighted by Crippen LogP contribution is -2.38. The minimum atomic E-state index is 0.282. The van der Waals surface area contributed by atoms with E-state index in [9.17, 15) is 4.79 Å². The maximum absolute atomic E-state index is 11.6. The van der Waals surface area contributed by atoms with E-state index in [1.54, 1.807) is 7.11 Å². The molecule has 1 heterocycles. The smallest absolute Gasteiger partial charge is 0.222 e. The average molecular weight is 346 g/mol. The summed E-state index contributed by atoms with van der Waals surface area (Å²) in [6, 6.07) is 8.03. The van der Waals surface area contributed by atoms with Gasteiger partial charge in [0.2, 0.25) is 5.91 Å².